The lowest BCUT2D eigenvalue weighted by molar-refractivity contribution is 0.0898. The van der Waals surface area contributed by atoms with Crippen molar-refractivity contribution in [2.75, 3.05) is 13.7 Å². The van der Waals surface area contributed by atoms with Gasteiger partial charge in [-0.15, -0.1) is 6.58 Å². The van der Waals surface area contributed by atoms with Crippen LogP contribution in [0.15, 0.2) is 36.9 Å². The highest BCUT2D eigenvalue weighted by atomic mass is 16.5. The molecule has 0 bridgehead atoms. The molecule has 0 amide bonds. The quantitative estimate of drug-likeness (QED) is 0.637. The third kappa shape index (κ3) is 5.55. The van der Waals surface area contributed by atoms with Crippen molar-refractivity contribution in [2.24, 2.45) is 5.92 Å². The average molecular weight is 234 g/mol. The maximum Gasteiger partial charge on any atom is 0.118 e. The topological polar surface area (TPSA) is 18.5 Å². The number of allylic oxidation sites excluding steroid dienone is 1. The number of methoxy groups -OCH3 is 1. The predicted molar refractivity (Wildman–Crippen MR) is 71.2 cm³/mol. The van der Waals surface area contributed by atoms with Crippen molar-refractivity contribution in [3.63, 3.8) is 0 Å². The van der Waals surface area contributed by atoms with Gasteiger partial charge in [-0.2, -0.15) is 0 Å². The second-order valence-electron chi connectivity index (χ2n) is 4.33. The van der Waals surface area contributed by atoms with Gasteiger partial charge in [0.15, 0.2) is 0 Å². The Labute approximate surface area is 104 Å². The van der Waals surface area contributed by atoms with E-state index in [1.165, 1.54) is 5.56 Å². The first-order valence-corrected chi connectivity index (χ1v) is 6.07. The van der Waals surface area contributed by atoms with Crippen LogP contribution in [0.25, 0.3) is 0 Å². The summed E-state index contributed by atoms with van der Waals surface area (Å²) >= 11 is 0. The van der Waals surface area contributed by atoms with E-state index in [0.29, 0.717) is 12.5 Å². The zero-order valence-electron chi connectivity index (χ0n) is 10.8. The molecular formula is C15H22O2. The van der Waals surface area contributed by atoms with Crippen molar-refractivity contribution in [3.8, 4) is 5.75 Å². The van der Waals surface area contributed by atoms with Crippen LogP contribution in [0.1, 0.15) is 25.3 Å². The first-order valence-electron chi connectivity index (χ1n) is 6.07. The Morgan fingerprint density at radius 3 is 2.59 bits per heavy atom. The van der Waals surface area contributed by atoms with Crippen LogP contribution >= 0.6 is 0 Å². The maximum absolute atomic E-state index is 5.68. The van der Waals surface area contributed by atoms with Crippen LogP contribution < -0.4 is 4.74 Å². The third-order valence-corrected chi connectivity index (χ3v) is 2.69. The molecule has 0 aliphatic carbocycles. The van der Waals surface area contributed by atoms with Crippen LogP contribution in [0.2, 0.25) is 0 Å². The zero-order chi connectivity index (χ0) is 12.5. The van der Waals surface area contributed by atoms with Crippen LogP contribution in [-0.4, -0.2) is 13.7 Å². The summed E-state index contributed by atoms with van der Waals surface area (Å²) in [6.45, 7) is 7.40. The van der Waals surface area contributed by atoms with Crippen molar-refractivity contribution in [3.05, 3.63) is 42.5 Å². The summed E-state index contributed by atoms with van der Waals surface area (Å²) in [4.78, 5) is 0. The number of benzene rings is 1. The molecule has 1 atom stereocenters. The summed E-state index contributed by atoms with van der Waals surface area (Å²) < 4.78 is 10.8. The monoisotopic (exact) mass is 234 g/mol. The Morgan fingerprint density at radius 2 is 2.00 bits per heavy atom. The van der Waals surface area contributed by atoms with Gasteiger partial charge >= 0.3 is 0 Å². The maximum atomic E-state index is 5.68. The highest BCUT2D eigenvalue weighted by Crippen LogP contribution is 2.13. The molecule has 0 heterocycles. The lowest BCUT2D eigenvalue weighted by Gasteiger charge is -2.11. The van der Waals surface area contributed by atoms with Gasteiger partial charge in [0.05, 0.1) is 13.7 Å². The summed E-state index contributed by atoms with van der Waals surface area (Å²) in [5.74, 6) is 1.47. The van der Waals surface area contributed by atoms with E-state index < -0.39 is 0 Å². The first-order chi connectivity index (χ1) is 8.26. The van der Waals surface area contributed by atoms with Gasteiger partial charge in [-0.3, -0.25) is 0 Å². The van der Waals surface area contributed by atoms with E-state index in [9.17, 15) is 0 Å². The van der Waals surface area contributed by atoms with E-state index >= 15 is 0 Å². The van der Waals surface area contributed by atoms with E-state index in [0.717, 1.165) is 25.2 Å². The fraction of sp³-hybridized carbons (Fsp3) is 0.467. The minimum absolute atomic E-state index is 0.589. The van der Waals surface area contributed by atoms with Crippen LogP contribution in [0, 0.1) is 5.92 Å². The van der Waals surface area contributed by atoms with Crippen molar-refractivity contribution in [1.82, 2.24) is 0 Å². The van der Waals surface area contributed by atoms with E-state index in [2.05, 4.69) is 13.5 Å². The van der Waals surface area contributed by atoms with Gasteiger partial charge in [0.25, 0.3) is 0 Å². The lowest BCUT2D eigenvalue weighted by atomic mass is 10.1. The number of ether oxygens (including phenoxy) is 2. The van der Waals surface area contributed by atoms with Crippen LogP contribution in [0.4, 0.5) is 0 Å². The van der Waals surface area contributed by atoms with E-state index in [1.807, 2.05) is 30.3 Å². The molecule has 0 N–H and O–H groups in total. The standard InChI is InChI=1S/C15H22O2/c1-4-5-6-13(2)11-17-12-14-7-9-15(16-3)10-8-14/h4,7-10,13H,1,5-6,11-12H2,2-3H3/t13-/m1/s1. The second kappa shape index (κ2) is 7.91. The normalized spacial score (nSPS) is 12.1. The van der Waals surface area contributed by atoms with Crippen molar-refractivity contribution >= 4 is 0 Å². The third-order valence-electron chi connectivity index (χ3n) is 2.69. The molecule has 2 nitrogen and oxygen atoms in total. The molecule has 0 aliphatic rings. The smallest absolute Gasteiger partial charge is 0.118 e. The lowest BCUT2D eigenvalue weighted by Crippen LogP contribution is -2.05. The predicted octanol–water partition coefficient (Wildman–Crippen LogP) is 3.81. The molecule has 0 saturated heterocycles. The molecule has 1 rings (SSSR count). The summed E-state index contributed by atoms with van der Waals surface area (Å²) in [7, 11) is 1.67. The second-order valence-corrected chi connectivity index (χ2v) is 4.33. The fourth-order valence-corrected chi connectivity index (χ4v) is 1.59. The highest BCUT2D eigenvalue weighted by molar-refractivity contribution is 5.26. The van der Waals surface area contributed by atoms with Crippen molar-refractivity contribution in [1.29, 1.82) is 0 Å². The van der Waals surface area contributed by atoms with E-state index in [1.54, 1.807) is 7.11 Å². The summed E-state index contributed by atoms with van der Waals surface area (Å²) in [5.41, 5.74) is 1.18. The van der Waals surface area contributed by atoms with Crippen molar-refractivity contribution in [2.45, 2.75) is 26.4 Å². The van der Waals surface area contributed by atoms with Gasteiger partial charge in [0, 0.05) is 6.61 Å². The van der Waals surface area contributed by atoms with E-state index in [-0.39, 0.29) is 0 Å². The van der Waals surface area contributed by atoms with Gasteiger partial charge in [-0.05, 0) is 36.5 Å². The molecule has 2 heteroatoms. The van der Waals surface area contributed by atoms with Crippen LogP contribution in [0.3, 0.4) is 0 Å². The molecular weight excluding hydrogens is 212 g/mol. The molecule has 94 valence electrons. The van der Waals surface area contributed by atoms with Crippen LogP contribution in [0.5, 0.6) is 5.75 Å². The Balaban J connectivity index is 2.23. The molecule has 0 spiro atoms. The first kappa shape index (κ1) is 13.8. The SMILES string of the molecule is C=CCC[C@@H](C)COCc1ccc(OC)cc1. The van der Waals surface area contributed by atoms with Gasteiger partial charge < -0.3 is 9.47 Å². The number of hydrogen-bond acceptors (Lipinski definition) is 2. The van der Waals surface area contributed by atoms with Crippen LogP contribution in [-0.2, 0) is 11.3 Å². The number of hydrogen-bond donors (Lipinski definition) is 0. The Kier molecular flexibility index (Phi) is 6.41. The minimum atomic E-state index is 0.589. The highest BCUT2D eigenvalue weighted by Gasteiger charge is 2.01. The molecule has 0 saturated carbocycles. The molecule has 0 radical (unpaired) electrons. The molecule has 0 aromatic heterocycles. The Hall–Kier alpha value is -1.28. The average Bonchev–Trinajstić information content (AvgIpc) is 2.37. The van der Waals surface area contributed by atoms with Gasteiger partial charge in [0.2, 0.25) is 0 Å². The molecule has 0 fully saturated rings. The largest absolute Gasteiger partial charge is 0.497 e. The molecule has 0 aliphatic heterocycles. The van der Waals surface area contributed by atoms with Gasteiger partial charge in [-0.1, -0.05) is 25.1 Å². The van der Waals surface area contributed by atoms with E-state index in [4.69, 9.17) is 9.47 Å². The number of rotatable bonds is 8. The molecule has 1 aromatic rings. The molecule has 1 aromatic carbocycles. The Morgan fingerprint density at radius 1 is 1.29 bits per heavy atom. The minimum Gasteiger partial charge on any atom is -0.497 e. The zero-order valence-corrected chi connectivity index (χ0v) is 10.8. The summed E-state index contributed by atoms with van der Waals surface area (Å²) in [6, 6.07) is 7.99. The van der Waals surface area contributed by atoms with Gasteiger partial charge in [-0.25, -0.2) is 0 Å². The van der Waals surface area contributed by atoms with Crippen molar-refractivity contribution < 1.29 is 9.47 Å². The molecule has 0 unspecified atom stereocenters. The van der Waals surface area contributed by atoms with Gasteiger partial charge in [0.1, 0.15) is 5.75 Å². The molecule has 17 heavy (non-hydrogen) atoms. The summed E-state index contributed by atoms with van der Waals surface area (Å²) in [5, 5.41) is 0. The fourth-order valence-electron chi connectivity index (χ4n) is 1.59. The Bertz CT molecular complexity index is 316. The summed E-state index contributed by atoms with van der Waals surface area (Å²) in [6.07, 6.45) is 4.17.